The van der Waals surface area contributed by atoms with Crippen molar-refractivity contribution in [3.05, 3.63) is 51.0 Å². The average molecular weight is 281 g/mol. The van der Waals surface area contributed by atoms with E-state index in [4.69, 9.17) is 21.4 Å². The zero-order valence-electron chi connectivity index (χ0n) is 9.81. The quantitative estimate of drug-likeness (QED) is 0.899. The minimum Gasteiger partial charge on any atom is -0.478 e. The van der Waals surface area contributed by atoms with Crippen molar-refractivity contribution in [3.63, 3.8) is 0 Å². The molecule has 0 amide bonds. The predicted molar refractivity (Wildman–Crippen MR) is 68.1 cm³/mol. The fraction of sp³-hybridized carbons (Fsp3) is 0.0833. The summed E-state index contributed by atoms with van der Waals surface area (Å²) in [5.41, 5.74) is 0.209. The minimum absolute atomic E-state index is 0.0382. The van der Waals surface area contributed by atoms with Crippen molar-refractivity contribution in [1.29, 1.82) is 0 Å². The molecule has 0 saturated carbocycles. The second-order valence-electron chi connectivity index (χ2n) is 3.76. The maximum absolute atomic E-state index is 11.3. The number of nitrogens with one attached hydrogen (secondary N) is 1. The van der Waals surface area contributed by atoms with Crippen molar-refractivity contribution in [1.82, 2.24) is 9.97 Å². The molecule has 0 unspecified atom stereocenters. The Morgan fingerprint density at radius 3 is 2.89 bits per heavy atom. The molecule has 1 heterocycles. The highest BCUT2D eigenvalue weighted by molar-refractivity contribution is 6.31. The molecule has 0 aliphatic carbocycles. The van der Waals surface area contributed by atoms with Crippen molar-refractivity contribution < 1.29 is 14.6 Å². The van der Waals surface area contributed by atoms with Crippen LogP contribution in [0.5, 0.6) is 11.6 Å². The molecule has 0 atom stereocenters. The van der Waals surface area contributed by atoms with Gasteiger partial charge in [-0.25, -0.2) is 9.78 Å². The summed E-state index contributed by atoms with van der Waals surface area (Å²) in [6, 6.07) is 4.58. The largest absolute Gasteiger partial charge is 0.478 e. The van der Waals surface area contributed by atoms with Gasteiger partial charge in [-0.05, 0) is 24.6 Å². The second-order valence-corrected chi connectivity index (χ2v) is 4.14. The number of carboxylic acid groups (broad SMARTS) is 1. The maximum atomic E-state index is 11.3. The highest BCUT2D eigenvalue weighted by Crippen LogP contribution is 2.28. The Bertz CT molecular complexity index is 696. The van der Waals surface area contributed by atoms with Gasteiger partial charge >= 0.3 is 5.97 Å². The Balaban J connectivity index is 2.48. The van der Waals surface area contributed by atoms with E-state index in [0.717, 1.165) is 11.9 Å². The number of benzene rings is 1. The standard InChI is InChI=1S/C12H9ClN2O4/c1-6-2-3-7(12(17)18)8(4-6)19-11-9(13)10(16)14-5-15-11/h2-5H,1H3,(H,17,18)(H,14,15,16). The van der Waals surface area contributed by atoms with Crippen molar-refractivity contribution in [2.24, 2.45) is 0 Å². The summed E-state index contributed by atoms with van der Waals surface area (Å²) < 4.78 is 5.32. The highest BCUT2D eigenvalue weighted by Gasteiger charge is 2.15. The first-order valence-electron chi connectivity index (χ1n) is 5.24. The Morgan fingerprint density at radius 2 is 2.21 bits per heavy atom. The van der Waals surface area contributed by atoms with Gasteiger partial charge in [0.1, 0.15) is 11.3 Å². The fourth-order valence-electron chi connectivity index (χ4n) is 1.43. The van der Waals surface area contributed by atoms with Gasteiger partial charge in [-0.2, -0.15) is 0 Å². The summed E-state index contributed by atoms with van der Waals surface area (Å²) in [5.74, 6) is -1.21. The van der Waals surface area contributed by atoms with Crippen LogP contribution in [0.1, 0.15) is 15.9 Å². The molecule has 2 N–H and O–H groups in total. The van der Waals surface area contributed by atoms with E-state index in [9.17, 15) is 9.59 Å². The van der Waals surface area contributed by atoms with Crippen LogP contribution in [0.3, 0.4) is 0 Å². The van der Waals surface area contributed by atoms with E-state index in [1.165, 1.54) is 12.1 Å². The number of hydrogen-bond donors (Lipinski definition) is 2. The van der Waals surface area contributed by atoms with Crippen LogP contribution in [0.25, 0.3) is 0 Å². The number of nitrogens with zero attached hydrogens (tertiary/aromatic N) is 1. The summed E-state index contributed by atoms with van der Waals surface area (Å²) >= 11 is 5.74. The van der Waals surface area contributed by atoms with Crippen LogP contribution in [-0.4, -0.2) is 21.0 Å². The molecule has 0 bridgehead atoms. The number of rotatable bonds is 3. The molecule has 1 aromatic heterocycles. The van der Waals surface area contributed by atoms with Gasteiger partial charge in [-0.1, -0.05) is 17.7 Å². The summed E-state index contributed by atoms with van der Waals surface area (Å²) in [4.78, 5) is 28.4. The van der Waals surface area contributed by atoms with E-state index < -0.39 is 11.5 Å². The molecule has 0 spiro atoms. The predicted octanol–water partition coefficient (Wildman–Crippen LogP) is 2.22. The molecule has 0 saturated heterocycles. The first kappa shape index (κ1) is 13.1. The fourth-order valence-corrected chi connectivity index (χ4v) is 1.57. The summed E-state index contributed by atoms with van der Waals surface area (Å²) in [6.45, 7) is 1.78. The number of H-pyrrole nitrogens is 1. The lowest BCUT2D eigenvalue weighted by molar-refractivity contribution is 0.0694. The van der Waals surface area contributed by atoms with Gasteiger partial charge in [0.15, 0.2) is 5.02 Å². The first-order chi connectivity index (χ1) is 8.99. The number of halogens is 1. The molecule has 0 aliphatic heterocycles. The van der Waals surface area contributed by atoms with Gasteiger partial charge in [0.2, 0.25) is 5.88 Å². The monoisotopic (exact) mass is 280 g/mol. The van der Waals surface area contributed by atoms with Crippen molar-refractivity contribution in [2.45, 2.75) is 6.92 Å². The zero-order valence-corrected chi connectivity index (χ0v) is 10.6. The third kappa shape index (κ3) is 2.74. The van der Waals surface area contributed by atoms with E-state index in [-0.39, 0.29) is 22.2 Å². The van der Waals surface area contributed by atoms with Gasteiger partial charge in [0, 0.05) is 0 Å². The average Bonchev–Trinajstić information content (AvgIpc) is 2.35. The molecule has 0 aliphatic rings. The molecule has 7 heteroatoms. The van der Waals surface area contributed by atoms with Crippen LogP contribution in [0.2, 0.25) is 5.02 Å². The summed E-state index contributed by atoms with van der Waals surface area (Å²) in [5, 5.41) is 8.82. The van der Waals surface area contributed by atoms with Crippen LogP contribution < -0.4 is 10.3 Å². The Hall–Kier alpha value is -2.34. The lowest BCUT2D eigenvalue weighted by atomic mass is 10.1. The summed E-state index contributed by atoms with van der Waals surface area (Å²) in [6.07, 6.45) is 1.12. The molecular formula is C12H9ClN2O4. The smallest absolute Gasteiger partial charge is 0.339 e. The number of carbonyl (C=O) groups is 1. The van der Waals surface area contributed by atoms with Crippen LogP contribution >= 0.6 is 11.6 Å². The number of carboxylic acids is 1. The van der Waals surface area contributed by atoms with Crippen molar-refractivity contribution in [3.8, 4) is 11.6 Å². The van der Waals surface area contributed by atoms with E-state index in [1.54, 1.807) is 13.0 Å². The number of aromatic nitrogens is 2. The highest BCUT2D eigenvalue weighted by atomic mass is 35.5. The van der Waals surface area contributed by atoms with Gasteiger partial charge in [0.25, 0.3) is 5.56 Å². The van der Waals surface area contributed by atoms with E-state index in [2.05, 4.69) is 9.97 Å². The molecule has 19 heavy (non-hydrogen) atoms. The number of aromatic amines is 1. The van der Waals surface area contributed by atoms with Crippen LogP contribution in [0, 0.1) is 6.92 Å². The van der Waals surface area contributed by atoms with Crippen LogP contribution in [-0.2, 0) is 0 Å². The first-order valence-corrected chi connectivity index (χ1v) is 5.62. The molecule has 98 valence electrons. The van der Waals surface area contributed by atoms with Crippen molar-refractivity contribution in [2.75, 3.05) is 0 Å². The zero-order chi connectivity index (χ0) is 14.0. The Kier molecular flexibility index (Phi) is 3.52. The molecule has 2 rings (SSSR count). The molecule has 0 radical (unpaired) electrons. The molecule has 2 aromatic rings. The molecule has 0 fully saturated rings. The third-order valence-electron chi connectivity index (χ3n) is 2.34. The number of aryl methyl sites for hydroxylation is 1. The van der Waals surface area contributed by atoms with E-state index >= 15 is 0 Å². The maximum Gasteiger partial charge on any atom is 0.339 e. The molecular weight excluding hydrogens is 272 g/mol. The van der Waals surface area contributed by atoms with Gasteiger partial charge in [-0.15, -0.1) is 0 Å². The van der Waals surface area contributed by atoms with Crippen LogP contribution in [0.4, 0.5) is 0 Å². The SMILES string of the molecule is Cc1ccc(C(=O)O)c(Oc2nc[nH]c(=O)c2Cl)c1. The van der Waals surface area contributed by atoms with E-state index in [0.29, 0.717) is 0 Å². The minimum atomic E-state index is -1.14. The van der Waals surface area contributed by atoms with Gasteiger partial charge < -0.3 is 14.8 Å². The van der Waals surface area contributed by atoms with Crippen molar-refractivity contribution >= 4 is 17.6 Å². The number of aromatic carboxylic acids is 1. The van der Waals surface area contributed by atoms with Crippen LogP contribution in [0.15, 0.2) is 29.3 Å². The van der Waals surface area contributed by atoms with Gasteiger partial charge in [-0.3, -0.25) is 4.79 Å². The summed E-state index contributed by atoms with van der Waals surface area (Å²) in [7, 11) is 0. The second kappa shape index (κ2) is 5.11. The third-order valence-corrected chi connectivity index (χ3v) is 2.67. The van der Waals surface area contributed by atoms with E-state index in [1.807, 2.05) is 0 Å². The normalized spacial score (nSPS) is 10.2. The Morgan fingerprint density at radius 1 is 1.47 bits per heavy atom. The Labute approximate surface area is 112 Å². The number of hydrogen-bond acceptors (Lipinski definition) is 4. The lowest BCUT2D eigenvalue weighted by Gasteiger charge is -2.09. The number of ether oxygens (including phenoxy) is 1. The topological polar surface area (TPSA) is 92.3 Å². The molecule has 1 aromatic carbocycles. The molecule has 6 nitrogen and oxygen atoms in total. The van der Waals surface area contributed by atoms with Gasteiger partial charge in [0.05, 0.1) is 6.33 Å². The lowest BCUT2D eigenvalue weighted by Crippen LogP contribution is -2.09.